The number of aromatic nitrogens is 1. The van der Waals surface area contributed by atoms with Crippen molar-refractivity contribution in [2.24, 2.45) is 11.8 Å². The number of para-hydroxylation sites is 1. The van der Waals surface area contributed by atoms with Crippen molar-refractivity contribution in [1.82, 2.24) is 4.98 Å². The summed E-state index contributed by atoms with van der Waals surface area (Å²) >= 11 is 0. The second-order valence-electron chi connectivity index (χ2n) is 10.3. The van der Waals surface area contributed by atoms with Gasteiger partial charge >= 0.3 is 12.4 Å². The Kier molecular flexibility index (Phi) is 7.73. The zero-order valence-electron chi connectivity index (χ0n) is 20.3. The van der Waals surface area contributed by atoms with Gasteiger partial charge in [-0.1, -0.05) is 24.3 Å². The summed E-state index contributed by atoms with van der Waals surface area (Å²) < 4.78 is 81.6. The van der Waals surface area contributed by atoms with Gasteiger partial charge in [-0.25, -0.2) is 0 Å². The normalized spacial score (nSPS) is 26.1. The number of fused-ring (bicyclic) bond motifs is 4. The largest absolute Gasteiger partial charge is 1.00 e. The molecule has 6 rings (SSSR count). The first-order chi connectivity index (χ1) is 17.4. The second kappa shape index (κ2) is 10.3. The van der Waals surface area contributed by atoms with Gasteiger partial charge in [0, 0.05) is 35.9 Å². The Bertz CT molecular complexity index is 1290. The van der Waals surface area contributed by atoms with Crippen molar-refractivity contribution in [3.8, 4) is 0 Å². The average Bonchev–Trinajstić information content (AvgIpc) is 2.86. The number of benzene rings is 2. The number of halogens is 7. The Balaban J connectivity index is 0.00000336. The lowest BCUT2D eigenvalue weighted by Crippen LogP contribution is -3.00. The molecule has 0 amide bonds. The van der Waals surface area contributed by atoms with Crippen molar-refractivity contribution in [1.29, 1.82) is 0 Å². The lowest BCUT2D eigenvalue weighted by atomic mass is 9.71. The van der Waals surface area contributed by atoms with Gasteiger partial charge < -0.3 is 26.6 Å². The number of nitrogens with zero attached hydrogens (tertiary/aromatic N) is 2. The molecule has 2 bridgehead atoms. The Morgan fingerprint density at radius 1 is 1.03 bits per heavy atom. The van der Waals surface area contributed by atoms with Gasteiger partial charge in [-0.3, -0.25) is 4.98 Å². The van der Waals surface area contributed by atoms with Crippen molar-refractivity contribution < 1.29 is 52.9 Å². The van der Waals surface area contributed by atoms with Crippen molar-refractivity contribution in [2.45, 2.75) is 43.9 Å². The summed E-state index contributed by atoms with van der Waals surface area (Å²) in [6.07, 6.45) is -5.99. The highest BCUT2D eigenvalue weighted by Crippen LogP contribution is 2.48. The molecule has 3 aliphatic heterocycles. The van der Waals surface area contributed by atoms with Crippen LogP contribution >= 0.6 is 0 Å². The summed E-state index contributed by atoms with van der Waals surface area (Å²) in [4.78, 5) is 4.35. The monoisotopic (exact) mass is 600 g/mol. The van der Waals surface area contributed by atoms with Crippen LogP contribution in [0, 0.1) is 11.8 Å². The van der Waals surface area contributed by atoms with E-state index in [1.807, 2.05) is 30.3 Å². The Hall–Kier alpha value is -2.43. The molecule has 0 aliphatic carbocycles. The topological polar surface area (TPSA) is 33.1 Å². The second-order valence-corrected chi connectivity index (χ2v) is 10.3. The minimum atomic E-state index is -4.91. The average molecular weight is 601 g/mol. The first kappa shape index (κ1) is 28.6. The van der Waals surface area contributed by atoms with E-state index in [0.717, 1.165) is 23.9 Å². The highest BCUT2D eigenvalue weighted by atomic mass is 79.9. The van der Waals surface area contributed by atoms with Crippen LogP contribution in [0.2, 0.25) is 0 Å². The zero-order chi connectivity index (χ0) is 26.6. The Morgan fingerprint density at radius 3 is 2.32 bits per heavy atom. The van der Waals surface area contributed by atoms with Gasteiger partial charge in [0.2, 0.25) is 0 Å². The molecule has 1 aromatic heterocycles. The summed E-state index contributed by atoms with van der Waals surface area (Å²) in [6, 6.07) is 10.5. The minimum Gasteiger partial charge on any atom is -1.00 e. The fourth-order valence-corrected chi connectivity index (χ4v) is 6.44. The number of aliphatic hydroxyl groups excluding tert-OH is 1. The third-order valence-electron chi connectivity index (χ3n) is 8.19. The van der Waals surface area contributed by atoms with Crippen LogP contribution in [-0.2, 0) is 18.9 Å². The fraction of sp³-hybridized carbons (Fsp3) is 0.393. The lowest BCUT2D eigenvalue weighted by Gasteiger charge is -2.58. The number of alkyl halides is 6. The van der Waals surface area contributed by atoms with Crippen LogP contribution in [0.1, 0.15) is 41.2 Å². The fourth-order valence-electron chi connectivity index (χ4n) is 6.44. The summed E-state index contributed by atoms with van der Waals surface area (Å²) in [5.74, 6) is 0.316. The molecule has 38 heavy (non-hydrogen) atoms. The van der Waals surface area contributed by atoms with Gasteiger partial charge in [-0.15, -0.1) is 6.58 Å². The van der Waals surface area contributed by atoms with E-state index in [9.17, 15) is 31.4 Å². The van der Waals surface area contributed by atoms with E-state index in [2.05, 4.69) is 11.6 Å². The highest BCUT2D eigenvalue weighted by molar-refractivity contribution is 5.82. The molecule has 5 atom stereocenters. The van der Waals surface area contributed by atoms with Crippen LogP contribution in [0.4, 0.5) is 26.3 Å². The molecular weight excluding hydrogens is 574 g/mol. The smallest absolute Gasteiger partial charge is 0.416 e. The SMILES string of the molecule is C=C[C@H]1C[N+]2(Cc3cc(C(F)(F)F)cc(C(F)(F)F)c3)CC[C@H]1C[C@@H]2[C@@H](O)c1ccnc2ccccc12.[Br-]. The third-order valence-corrected chi connectivity index (χ3v) is 8.19. The molecule has 10 heteroatoms. The summed E-state index contributed by atoms with van der Waals surface area (Å²) in [6.45, 7) is 4.93. The van der Waals surface area contributed by atoms with Crippen molar-refractivity contribution in [3.05, 3.63) is 89.6 Å². The molecule has 3 fully saturated rings. The number of pyridine rings is 1. The van der Waals surface area contributed by atoms with E-state index in [1.54, 1.807) is 12.3 Å². The number of rotatable bonds is 5. The molecule has 4 heterocycles. The van der Waals surface area contributed by atoms with E-state index in [4.69, 9.17) is 0 Å². The summed E-state index contributed by atoms with van der Waals surface area (Å²) in [7, 11) is 0. The maximum absolute atomic E-state index is 13.6. The zero-order valence-corrected chi connectivity index (χ0v) is 21.9. The summed E-state index contributed by atoms with van der Waals surface area (Å²) in [5.41, 5.74) is -1.31. The molecule has 204 valence electrons. The molecule has 1 N–H and O–H groups in total. The Morgan fingerprint density at radius 2 is 1.68 bits per heavy atom. The van der Waals surface area contributed by atoms with E-state index >= 15 is 0 Å². The quantitative estimate of drug-likeness (QED) is 0.274. The van der Waals surface area contributed by atoms with Gasteiger partial charge in [0.1, 0.15) is 18.7 Å². The van der Waals surface area contributed by atoms with E-state index < -0.39 is 35.6 Å². The van der Waals surface area contributed by atoms with Gasteiger partial charge in [0.05, 0.1) is 29.7 Å². The highest BCUT2D eigenvalue weighted by Gasteiger charge is 2.54. The van der Waals surface area contributed by atoms with Crippen molar-refractivity contribution in [3.63, 3.8) is 0 Å². The molecule has 3 aliphatic rings. The lowest BCUT2D eigenvalue weighted by molar-refractivity contribution is -0.984. The molecular formula is C28H27BrF6N2O. The molecule has 0 saturated carbocycles. The molecule has 1 unspecified atom stereocenters. The predicted octanol–water partition coefficient (Wildman–Crippen LogP) is 3.92. The maximum Gasteiger partial charge on any atom is 0.416 e. The molecule has 2 aromatic carbocycles. The van der Waals surface area contributed by atoms with Crippen LogP contribution in [-0.4, -0.2) is 33.7 Å². The molecule has 0 spiro atoms. The van der Waals surface area contributed by atoms with E-state index in [-0.39, 0.29) is 51.5 Å². The van der Waals surface area contributed by atoms with Gasteiger partial charge in [0.25, 0.3) is 0 Å². The summed E-state index contributed by atoms with van der Waals surface area (Å²) in [5, 5.41) is 12.5. The van der Waals surface area contributed by atoms with Crippen LogP contribution < -0.4 is 17.0 Å². The third kappa shape index (κ3) is 5.22. The number of aliphatic hydroxyl groups is 1. The predicted molar refractivity (Wildman–Crippen MR) is 127 cm³/mol. The number of hydrogen-bond donors (Lipinski definition) is 1. The standard InChI is InChI=1S/C28H27F6N2O.BrH/c1-2-18-16-36(15-17-11-20(27(29,30)31)14-21(12-17)28(32,33)34)10-8-19(18)13-25(36)26(37)23-7-9-35-24-6-4-3-5-22(23)24;/h2-7,9,11-12,14,18-19,25-26,37H,1,8,10,13,15-16H2;1H/q+1;/p-1/t18-,19-,25+,26-,36?;/m0./s1. The van der Waals surface area contributed by atoms with Gasteiger partial charge in [0.15, 0.2) is 0 Å². The number of piperidine rings is 3. The Labute approximate surface area is 227 Å². The van der Waals surface area contributed by atoms with Crippen molar-refractivity contribution in [2.75, 3.05) is 13.1 Å². The van der Waals surface area contributed by atoms with Crippen molar-refractivity contribution >= 4 is 10.9 Å². The molecule has 0 radical (unpaired) electrons. The van der Waals surface area contributed by atoms with Gasteiger partial charge in [-0.2, -0.15) is 26.3 Å². The van der Waals surface area contributed by atoms with Crippen LogP contribution in [0.3, 0.4) is 0 Å². The van der Waals surface area contributed by atoms with Crippen LogP contribution in [0.5, 0.6) is 0 Å². The molecule has 3 nitrogen and oxygen atoms in total. The van der Waals surface area contributed by atoms with Gasteiger partial charge in [-0.05, 0) is 41.8 Å². The minimum absolute atomic E-state index is 0. The van der Waals surface area contributed by atoms with E-state index in [1.165, 1.54) is 0 Å². The maximum atomic E-state index is 13.6. The first-order valence-corrected chi connectivity index (χ1v) is 12.2. The number of quaternary nitrogens is 1. The van der Waals surface area contributed by atoms with Crippen LogP contribution in [0.15, 0.2) is 67.4 Å². The first-order valence-electron chi connectivity index (χ1n) is 12.2. The number of hydrogen-bond acceptors (Lipinski definition) is 2. The molecule has 3 saturated heterocycles. The van der Waals surface area contributed by atoms with Crippen LogP contribution in [0.25, 0.3) is 10.9 Å². The van der Waals surface area contributed by atoms with E-state index in [0.29, 0.717) is 30.6 Å². The molecule has 3 aromatic rings.